The van der Waals surface area contributed by atoms with Gasteiger partial charge >= 0.3 is 0 Å². The van der Waals surface area contributed by atoms with Crippen molar-refractivity contribution in [2.24, 2.45) is 5.10 Å². The van der Waals surface area contributed by atoms with Gasteiger partial charge in [0.1, 0.15) is 22.7 Å². The van der Waals surface area contributed by atoms with Crippen molar-refractivity contribution in [2.75, 3.05) is 31.9 Å². The van der Waals surface area contributed by atoms with Crippen LogP contribution in [0.25, 0.3) is 27.8 Å². The van der Waals surface area contributed by atoms with E-state index in [1.807, 2.05) is 90.3 Å². The molecule has 1 N–H and O–H groups in total. The van der Waals surface area contributed by atoms with Gasteiger partial charge in [0.25, 0.3) is 0 Å². The first-order valence-corrected chi connectivity index (χ1v) is 13.3. The van der Waals surface area contributed by atoms with Crippen LogP contribution in [0, 0.1) is 0 Å². The summed E-state index contributed by atoms with van der Waals surface area (Å²) in [4.78, 5) is 23.8. The van der Waals surface area contributed by atoms with E-state index in [4.69, 9.17) is 4.74 Å². The number of aromatic nitrogens is 3. The Kier molecular flexibility index (Phi) is 7.88. The lowest BCUT2D eigenvalue weighted by Crippen LogP contribution is -2.19. The van der Waals surface area contributed by atoms with Gasteiger partial charge in [0, 0.05) is 37.2 Å². The maximum atomic E-state index is 12.6. The van der Waals surface area contributed by atoms with Crippen molar-refractivity contribution >= 4 is 40.6 Å². The molecule has 8 nitrogen and oxygen atoms in total. The van der Waals surface area contributed by atoms with Gasteiger partial charge in [-0.05, 0) is 47.5 Å². The zero-order chi connectivity index (χ0) is 27.2. The van der Waals surface area contributed by atoms with Gasteiger partial charge in [-0.2, -0.15) is 5.10 Å². The maximum absolute atomic E-state index is 12.6. The van der Waals surface area contributed by atoms with E-state index >= 15 is 0 Å². The van der Waals surface area contributed by atoms with Crippen LogP contribution in [0.4, 0.5) is 5.69 Å². The Morgan fingerprint density at radius 1 is 1.03 bits per heavy atom. The first kappa shape index (κ1) is 26.0. The number of carbonyl (C=O) groups excluding carboxylic acids is 1. The van der Waals surface area contributed by atoms with Crippen LogP contribution >= 0.6 is 11.8 Å². The van der Waals surface area contributed by atoms with Crippen LogP contribution in [0.15, 0.2) is 102 Å². The number of methoxy groups -OCH3 is 1. The SMILES string of the molecule is COc1ccc(-n2cc(-c3ccccc3)c3c(SCC(=O)N/N=C/c4ccc(N(C)C)cc4)ncnc32)cc1. The Balaban J connectivity index is 1.38. The number of thioether (sulfide) groups is 1. The van der Waals surface area contributed by atoms with Crippen LogP contribution < -0.4 is 15.1 Å². The van der Waals surface area contributed by atoms with Gasteiger partial charge in [0.15, 0.2) is 0 Å². The topological polar surface area (TPSA) is 84.6 Å². The molecule has 3 aromatic carbocycles. The molecule has 5 aromatic rings. The number of rotatable bonds is 9. The van der Waals surface area contributed by atoms with Crippen LogP contribution in [-0.2, 0) is 4.79 Å². The predicted molar refractivity (Wildman–Crippen MR) is 158 cm³/mol. The molecule has 0 atom stereocenters. The summed E-state index contributed by atoms with van der Waals surface area (Å²) in [6.45, 7) is 0. The van der Waals surface area contributed by atoms with Crippen molar-refractivity contribution in [1.82, 2.24) is 20.0 Å². The molecule has 9 heteroatoms. The van der Waals surface area contributed by atoms with Gasteiger partial charge in [-0.3, -0.25) is 4.79 Å². The largest absolute Gasteiger partial charge is 0.497 e. The van der Waals surface area contributed by atoms with Crippen LogP contribution in [0.5, 0.6) is 5.75 Å². The first-order valence-electron chi connectivity index (χ1n) is 12.3. The van der Waals surface area contributed by atoms with E-state index in [9.17, 15) is 4.79 Å². The number of ether oxygens (including phenoxy) is 1. The van der Waals surface area contributed by atoms with E-state index in [-0.39, 0.29) is 11.7 Å². The van der Waals surface area contributed by atoms with E-state index in [0.717, 1.165) is 49.9 Å². The van der Waals surface area contributed by atoms with E-state index in [0.29, 0.717) is 0 Å². The number of hydrogen-bond donors (Lipinski definition) is 1. The fourth-order valence-corrected chi connectivity index (χ4v) is 4.92. The third kappa shape index (κ3) is 5.94. The lowest BCUT2D eigenvalue weighted by molar-refractivity contribution is -0.118. The molecule has 0 aliphatic heterocycles. The average molecular weight is 537 g/mol. The molecule has 39 heavy (non-hydrogen) atoms. The molecule has 196 valence electrons. The first-order chi connectivity index (χ1) is 19.0. The number of hydrazone groups is 1. The minimum absolute atomic E-state index is 0.158. The van der Waals surface area contributed by atoms with Gasteiger partial charge < -0.3 is 14.2 Å². The third-order valence-corrected chi connectivity index (χ3v) is 7.13. The summed E-state index contributed by atoms with van der Waals surface area (Å²) in [6.07, 6.45) is 5.23. The summed E-state index contributed by atoms with van der Waals surface area (Å²) in [7, 11) is 5.63. The number of nitrogens with one attached hydrogen (secondary N) is 1. The molecule has 0 bridgehead atoms. The monoisotopic (exact) mass is 536 g/mol. The molecule has 0 saturated heterocycles. The lowest BCUT2D eigenvalue weighted by atomic mass is 10.1. The Labute approximate surface area is 231 Å². The highest BCUT2D eigenvalue weighted by molar-refractivity contribution is 8.00. The predicted octanol–water partition coefficient (Wildman–Crippen LogP) is 5.40. The number of nitrogens with zero attached hydrogens (tertiary/aromatic N) is 5. The van der Waals surface area contributed by atoms with Crippen LogP contribution in [-0.4, -0.2) is 53.6 Å². The number of fused-ring (bicyclic) bond motifs is 1. The second-order valence-corrected chi connectivity index (χ2v) is 9.89. The molecule has 0 saturated carbocycles. The quantitative estimate of drug-likeness (QED) is 0.117. The maximum Gasteiger partial charge on any atom is 0.250 e. The van der Waals surface area contributed by atoms with E-state index in [2.05, 4.69) is 38.8 Å². The highest BCUT2D eigenvalue weighted by Gasteiger charge is 2.18. The van der Waals surface area contributed by atoms with Crippen molar-refractivity contribution in [3.63, 3.8) is 0 Å². The summed E-state index contributed by atoms with van der Waals surface area (Å²) in [5.74, 6) is 0.720. The van der Waals surface area contributed by atoms with Crippen molar-refractivity contribution < 1.29 is 9.53 Å². The number of amides is 1. The molecule has 0 radical (unpaired) electrons. The van der Waals surface area contributed by atoms with E-state index in [1.165, 1.54) is 18.1 Å². The average Bonchev–Trinajstić information content (AvgIpc) is 3.37. The van der Waals surface area contributed by atoms with Crippen molar-refractivity contribution in [1.29, 1.82) is 0 Å². The highest BCUT2D eigenvalue weighted by Crippen LogP contribution is 2.36. The Bertz CT molecular complexity index is 1600. The van der Waals surface area contributed by atoms with Gasteiger partial charge in [-0.15, -0.1) is 0 Å². The summed E-state index contributed by atoms with van der Waals surface area (Å²) < 4.78 is 7.36. The Morgan fingerprint density at radius 2 is 1.77 bits per heavy atom. The molecule has 0 aliphatic carbocycles. The van der Waals surface area contributed by atoms with Crippen LogP contribution in [0.1, 0.15) is 5.56 Å². The molecule has 2 aromatic heterocycles. The minimum Gasteiger partial charge on any atom is -0.497 e. The third-order valence-electron chi connectivity index (χ3n) is 6.14. The minimum atomic E-state index is -0.219. The zero-order valence-corrected chi connectivity index (χ0v) is 22.7. The number of carbonyl (C=O) groups is 1. The number of hydrogen-bond acceptors (Lipinski definition) is 7. The fraction of sp³-hybridized carbons (Fsp3) is 0.133. The Hall–Kier alpha value is -4.63. The number of anilines is 1. The van der Waals surface area contributed by atoms with Crippen molar-refractivity contribution in [3.05, 3.63) is 97.0 Å². The lowest BCUT2D eigenvalue weighted by Gasteiger charge is -2.11. The molecule has 1 amide bonds. The molecule has 0 fully saturated rings. The second-order valence-electron chi connectivity index (χ2n) is 8.92. The van der Waals surface area contributed by atoms with E-state index < -0.39 is 0 Å². The normalized spacial score (nSPS) is 11.2. The van der Waals surface area contributed by atoms with Gasteiger partial charge in [-0.25, -0.2) is 15.4 Å². The molecule has 2 heterocycles. The molecule has 0 unspecified atom stereocenters. The summed E-state index contributed by atoms with van der Waals surface area (Å²) in [5, 5.41) is 5.73. The van der Waals surface area contributed by atoms with Crippen LogP contribution in [0.3, 0.4) is 0 Å². The fourth-order valence-electron chi connectivity index (χ4n) is 4.12. The molecular formula is C30H28N6O2S. The summed E-state index contributed by atoms with van der Waals surface area (Å²) in [6, 6.07) is 25.8. The summed E-state index contributed by atoms with van der Waals surface area (Å²) >= 11 is 1.36. The summed E-state index contributed by atoms with van der Waals surface area (Å²) in [5.41, 5.74) is 8.35. The van der Waals surface area contributed by atoms with Gasteiger partial charge in [0.2, 0.25) is 5.91 Å². The molecular weight excluding hydrogens is 508 g/mol. The van der Waals surface area contributed by atoms with Crippen LogP contribution in [0.2, 0.25) is 0 Å². The van der Waals surface area contributed by atoms with Gasteiger partial charge in [0.05, 0.1) is 24.5 Å². The highest BCUT2D eigenvalue weighted by atomic mass is 32.2. The smallest absolute Gasteiger partial charge is 0.250 e. The molecule has 0 aliphatic rings. The van der Waals surface area contributed by atoms with Gasteiger partial charge in [-0.1, -0.05) is 54.2 Å². The molecule has 5 rings (SSSR count). The second kappa shape index (κ2) is 11.8. The molecule has 0 spiro atoms. The van der Waals surface area contributed by atoms with E-state index in [1.54, 1.807) is 13.3 Å². The van der Waals surface area contributed by atoms with Crippen molar-refractivity contribution in [2.45, 2.75) is 5.03 Å². The zero-order valence-electron chi connectivity index (χ0n) is 21.9. The number of benzene rings is 3. The Morgan fingerprint density at radius 3 is 2.46 bits per heavy atom. The van der Waals surface area contributed by atoms with Crippen molar-refractivity contribution in [3.8, 4) is 22.6 Å². The standard InChI is InChI=1S/C30H28N6O2S/c1-35(2)23-11-9-21(10-12-23)17-33-34-27(37)19-39-30-28-26(22-7-5-4-6-8-22)18-36(29(28)31-20-32-30)24-13-15-25(38-3)16-14-24/h4-18,20H,19H2,1-3H3,(H,34,37)/b33-17+.